The average Bonchev–Trinajstić information content (AvgIpc) is 2.82. The third-order valence-electron chi connectivity index (χ3n) is 4.40. The molecule has 1 N–H and O–H groups in total. The van der Waals surface area contributed by atoms with Crippen molar-refractivity contribution in [3.63, 3.8) is 0 Å². The van der Waals surface area contributed by atoms with Gasteiger partial charge in [-0.3, -0.25) is 4.79 Å². The fourth-order valence-corrected chi connectivity index (χ4v) is 3.45. The van der Waals surface area contributed by atoms with Gasteiger partial charge >= 0.3 is 0 Å². The summed E-state index contributed by atoms with van der Waals surface area (Å²) in [6.07, 6.45) is 2.97. The quantitative estimate of drug-likeness (QED) is 0.211. The van der Waals surface area contributed by atoms with Gasteiger partial charge in [0.1, 0.15) is 30.6 Å². The molecule has 0 aromatic heterocycles. The van der Waals surface area contributed by atoms with Crippen molar-refractivity contribution >= 4 is 40.9 Å². The van der Waals surface area contributed by atoms with Crippen LogP contribution in [-0.2, 0) is 11.4 Å². The standard InChI is InChI=1S/C26H20Cl2N2O3/c1-2-12-32-25-23(27)14-19(15-24(25)28)13-20(16-29)26(31)30-21-8-10-22(11-9-21)33-17-18-6-4-3-5-7-18/h2-11,13-15H,1,12,17H2,(H,30,31)/b20-13+. The number of anilines is 1. The average molecular weight is 479 g/mol. The van der Waals surface area contributed by atoms with Crippen molar-refractivity contribution in [2.75, 3.05) is 11.9 Å². The zero-order chi connectivity index (χ0) is 23.6. The van der Waals surface area contributed by atoms with Crippen LogP contribution in [0.25, 0.3) is 6.08 Å². The first-order valence-electron chi connectivity index (χ1n) is 9.93. The monoisotopic (exact) mass is 478 g/mol. The van der Waals surface area contributed by atoms with Crippen LogP contribution in [-0.4, -0.2) is 12.5 Å². The predicted molar refractivity (Wildman–Crippen MR) is 132 cm³/mol. The number of halogens is 2. The third-order valence-corrected chi connectivity index (χ3v) is 4.96. The van der Waals surface area contributed by atoms with Crippen LogP contribution in [0.5, 0.6) is 11.5 Å². The number of carbonyl (C=O) groups is 1. The molecule has 3 rings (SSSR count). The second-order valence-electron chi connectivity index (χ2n) is 6.84. The molecule has 0 unspecified atom stereocenters. The number of nitrogens with one attached hydrogen (secondary N) is 1. The van der Waals surface area contributed by atoms with E-state index in [2.05, 4.69) is 11.9 Å². The van der Waals surface area contributed by atoms with Crippen molar-refractivity contribution in [1.29, 1.82) is 5.26 Å². The molecular formula is C26H20Cl2N2O3. The van der Waals surface area contributed by atoms with Gasteiger partial charge in [-0.25, -0.2) is 0 Å². The fraction of sp³-hybridized carbons (Fsp3) is 0.0769. The van der Waals surface area contributed by atoms with Crippen LogP contribution >= 0.6 is 23.2 Å². The molecule has 166 valence electrons. The molecule has 0 aliphatic rings. The number of ether oxygens (including phenoxy) is 2. The third kappa shape index (κ3) is 6.88. The Bertz CT molecular complexity index is 1180. The molecule has 33 heavy (non-hydrogen) atoms. The van der Waals surface area contributed by atoms with E-state index in [4.69, 9.17) is 32.7 Å². The highest BCUT2D eigenvalue weighted by Crippen LogP contribution is 2.35. The van der Waals surface area contributed by atoms with E-state index in [-0.39, 0.29) is 22.2 Å². The van der Waals surface area contributed by atoms with Gasteiger partial charge in [0.2, 0.25) is 0 Å². The summed E-state index contributed by atoms with van der Waals surface area (Å²) in [4.78, 5) is 12.6. The molecule has 7 heteroatoms. The Kier molecular flexibility index (Phi) is 8.54. The van der Waals surface area contributed by atoms with Crippen molar-refractivity contribution in [3.05, 3.63) is 106 Å². The summed E-state index contributed by atoms with van der Waals surface area (Å²) in [5.74, 6) is 0.415. The minimum atomic E-state index is -0.560. The maximum absolute atomic E-state index is 12.6. The van der Waals surface area contributed by atoms with E-state index in [1.54, 1.807) is 42.5 Å². The highest BCUT2D eigenvalue weighted by molar-refractivity contribution is 6.37. The maximum Gasteiger partial charge on any atom is 0.266 e. The van der Waals surface area contributed by atoms with Gasteiger partial charge in [-0.1, -0.05) is 66.2 Å². The Labute approximate surface area is 202 Å². The Balaban J connectivity index is 1.66. The Morgan fingerprint density at radius 3 is 2.30 bits per heavy atom. The van der Waals surface area contributed by atoms with Gasteiger partial charge in [0.05, 0.1) is 10.0 Å². The molecule has 3 aromatic carbocycles. The second-order valence-corrected chi connectivity index (χ2v) is 7.65. The van der Waals surface area contributed by atoms with Gasteiger partial charge in [0, 0.05) is 5.69 Å². The van der Waals surface area contributed by atoms with Crippen molar-refractivity contribution in [1.82, 2.24) is 0 Å². The summed E-state index contributed by atoms with van der Waals surface area (Å²) in [5, 5.41) is 12.7. The van der Waals surface area contributed by atoms with Crippen LogP contribution in [0.4, 0.5) is 5.69 Å². The molecule has 0 heterocycles. The van der Waals surface area contributed by atoms with Crippen molar-refractivity contribution in [2.24, 2.45) is 0 Å². The number of hydrogen-bond donors (Lipinski definition) is 1. The van der Waals surface area contributed by atoms with Crippen molar-refractivity contribution in [2.45, 2.75) is 6.61 Å². The minimum absolute atomic E-state index is 0.105. The maximum atomic E-state index is 12.6. The van der Waals surface area contributed by atoms with Crippen LogP contribution < -0.4 is 14.8 Å². The van der Waals surface area contributed by atoms with E-state index < -0.39 is 5.91 Å². The molecular weight excluding hydrogens is 459 g/mol. The van der Waals surface area contributed by atoms with Crippen molar-refractivity contribution < 1.29 is 14.3 Å². The SMILES string of the molecule is C=CCOc1c(Cl)cc(/C=C(\C#N)C(=O)Nc2ccc(OCc3ccccc3)cc2)cc1Cl. The zero-order valence-corrected chi connectivity index (χ0v) is 19.1. The summed E-state index contributed by atoms with van der Waals surface area (Å²) < 4.78 is 11.2. The lowest BCUT2D eigenvalue weighted by Crippen LogP contribution is -2.13. The number of carbonyl (C=O) groups excluding carboxylic acids is 1. The highest BCUT2D eigenvalue weighted by Gasteiger charge is 2.13. The van der Waals surface area contributed by atoms with E-state index in [0.717, 1.165) is 5.56 Å². The largest absolute Gasteiger partial charge is 0.489 e. The Hall–Kier alpha value is -3.72. The molecule has 0 spiro atoms. The van der Waals surface area contributed by atoms with Gasteiger partial charge < -0.3 is 14.8 Å². The summed E-state index contributed by atoms with van der Waals surface area (Å²) in [6.45, 7) is 4.26. The first-order valence-corrected chi connectivity index (χ1v) is 10.7. The fourth-order valence-electron chi connectivity index (χ4n) is 2.83. The minimum Gasteiger partial charge on any atom is -0.489 e. The van der Waals surface area contributed by atoms with Gasteiger partial charge in [0.15, 0.2) is 5.75 Å². The van der Waals surface area contributed by atoms with Crippen molar-refractivity contribution in [3.8, 4) is 17.6 Å². The molecule has 0 saturated heterocycles. The predicted octanol–water partition coefficient (Wildman–Crippen LogP) is 6.68. The van der Waals surface area contributed by atoms with Crippen LogP contribution in [0.1, 0.15) is 11.1 Å². The summed E-state index contributed by atoms with van der Waals surface area (Å²) in [6, 6.07) is 21.7. The normalized spacial score (nSPS) is 10.8. The molecule has 0 bridgehead atoms. The number of nitrogens with zero attached hydrogens (tertiary/aromatic N) is 1. The van der Waals surface area contributed by atoms with Gasteiger partial charge in [0.25, 0.3) is 5.91 Å². The van der Waals surface area contributed by atoms with Gasteiger partial charge in [-0.2, -0.15) is 5.26 Å². The van der Waals surface area contributed by atoms with E-state index in [1.807, 2.05) is 36.4 Å². The number of benzene rings is 3. The second kappa shape index (κ2) is 11.8. The molecule has 5 nitrogen and oxygen atoms in total. The van der Waals surface area contributed by atoms with Crippen LogP contribution in [0.3, 0.4) is 0 Å². The van der Waals surface area contributed by atoms with Crippen LogP contribution in [0.2, 0.25) is 10.0 Å². The lowest BCUT2D eigenvalue weighted by atomic mass is 10.1. The number of hydrogen-bond acceptors (Lipinski definition) is 4. The molecule has 0 radical (unpaired) electrons. The lowest BCUT2D eigenvalue weighted by Gasteiger charge is -2.10. The first kappa shape index (κ1) is 23.9. The molecule has 0 aliphatic heterocycles. The Morgan fingerprint density at radius 2 is 1.70 bits per heavy atom. The topological polar surface area (TPSA) is 71.3 Å². The Morgan fingerprint density at radius 1 is 1.03 bits per heavy atom. The molecule has 3 aromatic rings. The number of rotatable bonds is 9. The molecule has 0 aliphatic carbocycles. The van der Waals surface area contributed by atoms with Gasteiger partial charge in [-0.15, -0.1) is 0 Å². The van der Waals surface area contributed by atoms with E-state index in [1.165, 1.54) is 6.08 Å². The number of nitriles is 1. The summed E-state index contributed by atoms with van der Waals surface area (Å²) in [7, 11) is 0. The van der Waals surface area contributed by atoms with E-state index >= 15 is 0 Å². The molecule has 1 amide bonds. The number of amides is 1. The zero-order valence-electron chi connectivity index (χ0n) is 17.6. The van der Waals surface area contributed by atoms with Crippen LogP contribution in [0, 0.1) is 11.3 Å². The molecule has 0 fully saturated rings. The van der Waals surface area contributed by atoms with E-state index in [0.29, 0.717) is 29.4 Å². The highest BCUT2D eigenvalue weighted by atomic mass is 35.5. The molecule has 0 atom stereocenters. The lowest BCUT2D eigenvalue weighted by molar-refractivity contribution is -0.112. The van der Waals surface area contributed by atoms with Crippen LogP contribution in [0.15, 0.2) is 85.0 Å². The molecule has 0 saturated carbocycles. The van der Waals surface area contributed by atoms with E-state index in [9.17, 15) is 10.1 Å². The first-order chi connectivity index (χ1) is 16.0. The summed E-state index contributed by atoms with van der Waals surface area (Å²) >= 11 is 12.4. The van der Waals surface area contributed by atoms with Gasteiger partial charge in [-0.05, 0) is 53.6 Å². The summed E-state index contributed by atoms with van der Waals surface area (Å²) in [5.41, 5.74) is 1.97. The smallest absolute Gasteiger partial charge is 0.266 e.